The molecule has 0 bridgehead atoms. The van der Waals surface area contributed by atoms with Crippen LogP contribution < -0.4 is 27.0 Å². The molecular weight excluding hydrogens is 716 g/mol. The number of rotatable bonds is 21. The number of amides is 5. The molecule has 14 nitrogen and oxygen atoms in total. The largest absolute Gasteiger partial charge is 0.467 e. The predicted octanol–water partition coefficient (Wildman–Crippen LogP) is 3.65. The van der Waals surface area contributed by atoms with Gasteiger partial charge in [-0.15, -0.1) is 0 Å². The van der Waals surface area contributed by atoms with Gasteiger partial charge in [0.2, 0.25) is 23.6 Å². The van der Waals surface area contributed by atoms with Gasteiger partial charge in [0.25, 0.3) is 0 Å². The number of methoxy groups -OCH3 is 1. The van der Waals surface area contributed by atoms with Crippen LogP contribution in [-0.2, 0) is 46.3 Å². The summed E-state index contributed by atoms with van der Waals surface area (Å²) in [6, 6.07) is 13.1. The summed E-state index contributed by atoms with van der Waals surface area (Å²) in [4.78, 5) is 83.0. The standard InChI is InChI=1S/C42H64N6O8/c1-27(2)24-32(46-41(54)56-42(5,6)7)37(50)44-31(22-16-17-23-43)36(49)47-35(28(3)4)39(52)48(8)34(26-30-20-14-11-15-21-30)38(51)45-33(40(53)55-9)25-29-18-12-10-13-19-29/h10-15,18-21,27-28,31-35H,16-17,22-26,43H2,1-9H3,(H,44,50)(H,45,51)(H,46,54)(H,47,49)/t31-,32-,33-,34+,35-/m0/s1. The van der Waals surface area contributed by atoms with Crippen molar-refractivity contribution in [3.63, 3.8) is 0 Å². The van der Waals surface area contributed by atoms with Crippen LogP contribution in [-0.4, -0.2) is 97.1 Å². The van der Waals surface area contributed by atoms with E-state index in [1.54, 1.807) is 34.6 Å². The normalized spacial score (nSPS) is 14.1. The number of nitrogens with two attached hydrogens (primary N) is 1. The smallest absolute Gasteiger partial charge is 0.408 e. The first-order chi connectivity index (χ1) is 26.4. The molecule has 0 fully saturated rings. The number of unbranched alkanes of at least 4 members (excludes halogenated alkanes) is 1. The lowest BCUT2D eigenvalue weighted by Crippen LogP contribution is -2.60. The molecule has 0 saturated heterocycles. The molecular formula is C42H64N6O8. The van der Waals surface area contributed by atoms with E-state index in [0.717, 1.165) is 11.1 Å². The zero-order valence-electron chi connectivity index (χ0n) is 34.6. The van der Waals surface area contributed by atoms with Gasteiger partial charge in [0, 0.05) is 19.9 Å². The number of nitrogens with one attached hydrogen (secondary N) is 4. The van der Waals surface area contributed by atoms with E-state index in [1.165, 1.54) is 19.1 Å². The molecule has 0 aliphatic rings. The summed E-state index contributed by atoms with van der Waals surface area (Å²) in [6.07, 6.45) is 1.13. The first-order valence-electron chi connectivity index (χ1n) is 19.4. The van der Waals surface area contributed by atoms with Crippen molar-refractivity contribution in [2.24, 2.45) is 17.6 Å². The van der Waals surface area contributed by atoms with E-state index in [1.807, 2.05) is 74.5 Å². The van der Waals surface area contributed by atoms with Crippen LogP contribution in [0.15, 0.2) is 60.7 Å². The van der Waals surface area contributed by atoms with Crippen molar-refractivity contribution in [3.8, 4) is 0 Å². The van der Waals surface area contributed by atoms with Crippen molar-refractivity contribution in [1.29, 1.82) is 0 Å². The molecule has 0 aliphatic heterocycles. The molecule has 5 atom stereocenters. The lowest BCUT2D eigenvalue weighted by Gasteiger charge is -2.34. The highest BCUT2D eigenvalue weighted by Gasteiger charge is 2.37. The Balaban J connectivity index is 2.39. The van der Waals surface area contributed by atoms with Gasteiger partial charge in [0.1, 0.15) is 35.8 Å². The Morgan fingerprint density at radius 1 is 0.714 bits per heavy atom. The second kappa shape index (κ2) is 23.2. The van der Waals surface area contributed by atoms with Gasteiger partial charge < -0.3 is 41.4 Å². The quantitative estimate of drug-likeness (QED) is 0.0928. The van der Waals surface area contributed by atoms with Gasteiger partial charge in [-0.3, -0.25) is 19.2 Å². The van der Waals surface area contributed by atoms with Gasteiger partial charge in [0.15, 0.2) is 0 Å². The third-order valence-corrected chi connectivity index (χ3v) is 9.00. The zero-order chi connectivity index (χ0) is 42.0. The fourth-order valence-electron chi connectivity index (χ4n) is 6.02. The number of likely N-dealkylation sites (N-methyl/N-ethyl adjacent to an activating group) is 1. The Morgan fingerprint density at radius 3 is 1.75 bits per heavy atom. The van der Waals surface area contributed by atoms with Gasteiger partial charge >= 0.3 is 12.1 Å². The minimum atomic E-state index is -1.10. The van der Waals surface area contributed by atoms with Crippen molar-refractivity contribution in [3.05, 3.63) is 71.8 Å². The summed E-state index contributed by atoms with van der Waals surface area (Å²) >= 11 is 0. The second-order valence-electron chi connectivity index (χ2n) is 15.8. The molecule has 310 valence electrons. The Bertz CT molecular complexity index is 1560. The monoisotopic (exact) mass is 780 g/mol. The van der Waals surface area contributed by atoms with Crippen LogP contribution in [0.3, 0.4) is 0 Å². The number of carbonyl (C=O) groups excluding carboxylic acids is 6. The van der Waals surface area contributed by atoms with E-state index < -0.39 is 77.4 Å². The maximum Gasteiger partial charge on any atom is 0.408 e. The molecule has 0 aromatic heterocycles. The van der Waals surface area contributed by atoms with E-state index >= 15 is 0 Å². The molecule has 0 spiro atoms. The maximum absolute atomic E-state index is 14.4. The number of nitrogens with zero attached hydrogens (tertiary/aromatic N) is 1. The summed E-state index contributed by atoms with van der Waals surface area (Å²) in [5, 5.41) is 11.1. The van der Waals surface area contributed by atoms with Gasteiger partial charge in [0.05, 0.1) is 7.11 Å². The highest BCUT2D eigenvalue weighted by molar-refractivity contribution is 5.96. The third-order valence-electron chi connectivity index (χ3n) is 9.00. The molecule has 0 saturated carbocycles. The molecule has 2 rings (SSSR count). The fourth-order valence-corrected chi connectivity index (χ4v) is 6.02. The number of esters is 1. The van der Waals surface area contributed by atoms with E-state index in [9.17, 15) is 28.8 Å². The van der Waals surface area contributed by atoms with Crippen LogP contribution in [0.1, 0.15) is 85.3 Å². The molecule has 0 radical (unpaired) electrons. The molecule has 2 aromatic carbocycles. The van der Waals surface area contributed by atoms with E-state index in [2.05, 4.69) is 21.3 Å². The van der Waals surface area contributed by atoms with E-state index in [-0.39, 0.29) is 31.6 Å². The molecule has 0 aliphatic carbocycles. The van der Waals surface area contributed by atoms with Gasteiger partial charge in [-0.25, -0.2) is 9.59 Å². The Kier molecular flexibility index (Phi) is 19.5. The first kappa shape index (κ1) is 47.2. The number of hydrogen-bond donors (Lipinski definition) is 5. The topological polar surface area (TPSA) is 198 Å². The van der Waals surface area contributed by atoms with Crippen molar-refractivity contribution in [1.82, 2.24) is 26.2 Å². The number of ether oxygens (including phenoxy) is 2. The number of carbonyl (C=O) groups is 6. The van der Waals surface area contributed by atoms with Crippen LogP contribution in [0.4, 0.5) is 4.79 Å². The summed E-state index contributed by atoms with van der Waals surface area (Å²) < 4.78 is 10.4. The number of benzene rings is 2. The van der Waals surface area contributed by atoms with Crippen LogP contribution in [0.5, 0.6) is 0 Å². The molecule has 5 amide bonds. The molecule has 2 aromatic rings. The van der Waals surface area contributed by atoms with Crippen LogP contribution in [0.2, 0.25) is 0 Å². The average Bonchev–Trinajstić information content (AvgIpc) is 3.13. The SMILES string of the molecule is COC(=O)[C@H](Cc1ccccc1)NC(=O)[C@@H](Cc1ccccc1)N(C)C(=O)[C@@H](NC(=O)[C@H](CCCCN)NC(=O)[C@H](CC(C)C)NC(=O)OC(C)(C)C)C(C)C. The average molecular weight is 781 g/mol. The fraction of sp³-hybridized carbons (Fsp3) is 0.571. The lowest BCUT2D eigenvalue weighted by molar-refractivity contribution is -0.147. The number of hydrogen-bond acceptors (Lipinski definition) is 9. The molecule has 56 heavy (non-hydrogen) atoms. The van der Waals surface area contributed by atoms with Crippen LogP contribution in [0, 0.1) is 11.8 Å². The van der Waals surface area contributed by atoms with Crippen molar-refractivity contribution in [2.75, 3.05) is 20.7 Å². The van der Waals surface area contributed by atoms with Gasteiger partial charge in [-0.1, -0.05) is 88.4 Å². The summed E-state index contributed by atoms with van der Waals surface area (Å²) in [6.45, 7) is 12.9. The number of alkyl carbamates (subject to hydrolysis) is 1. The third kappa shape index (κ3) is 16.4. The Hall–Kier alpha value is -4.98. The van der Waals surface area contributed by atoms with Crippen LogP contribution >= 0.6 is 0 Å². The van der Waals surface area contributed by atoms with Gasteiger partial charge in [-0.2, -0.15) is 0 Å². The Labute approximate surface area is 332 Å². The zero-order valence-corrected chi connectivity index (χ0v) is 34.6. The summed E-state index contributed by atoms with van der Waals surface area (Å²) in [5.74, 6) is -3.35. The molecule has 0 unspecified atom stereocenters. The highest BCUT2D eigenvalue weighted by atomic mass is 16.6. The van der Waals surface area contributed by atoms with E-state index in [0.29, 0.717) is 19.4 Å². The van der Waals surface area contributed by atoms with Crippen molar-refractivity contribution in [2.45, 2.75) is 123 Å². The minimum absolute atomic E-state index is 0.0194. The summed E-state index contributed by atoms with van der Waals surface area (Å²) in [7, 11) is 2.73. The lowest BCUT2D eigenvalue weighted by atomic mass is 9.98. The Morgan fingerprint density at radius 2 is 1.25 bits per heavy atom. The van der Waals surface area contributed by atoms with Gasteiger partial charge in [-0.05, 0) is 76.0 Å². The second-order valence-corrected chi connectivity index (χ2v) is 15.8. The van der Waals surface area contributed by atoms with Crippen LogP contribution in [0.25, 0.3) is 0 Å². The molecule has 6 N–H and O–H groups in total. The maximum atomic E-state index is 14.4. The first-order valence-corrected chi connectivity index (χ1v) is 19.4. The molecule has 14 heteroatoms. The predicted molar refractivity (Wildman–Crippen MR) is 215 cm³/mol. The van der Waals surface area contributed by atoms with Crippen molar-refractivity contribution < 1.29 is 38.2 Å². The molecule has 0 heterocycles. The summed E-state index contributed by atoms with van der Waals surface area (Å²) in [5.41, 5.74) is 6.53. The van der Waals surface area contributed by atoms with Crippen molar-refractivity contribution >= 4 is 35.7 Å². The highest BCUT2D eigenvalue weighted by Crippen LogP contribution is 2.16. The minimum Gasteiger partial charge on any atom is -0.467 e. The van der Waals surface area contributed by atoms with E-state index in [4.69, 9.17) is 15.2 Å².